The first kappa shape index (κ1) is 24.2. The topological polar surface area (TPSA) is 72.2 Å². The molecule has 0 heterocycles. The molecule has 0 saturated heterocycles. The molecule has 3 aromatic carbocycles. The van der Waals surface area contributed by atoms with Crippen molar-refractivity contribution in [2.75, 3.05) is 5.32 Å². The number of aryl methyl sites for hydroxylation is 1. The van der Waals surface area contributed by atoms with E-state index in [2.05, 4.69) is 5.32 Å². The summed E-state index contributed by atoms with van der Waals surface area (Å²) in [4.78, 5) is 25.6. The van der Waals surface area contributed by atoms with Crippen molar-refractivity contribution in [2.24, 2.45) is 5.73 Å². The average Bonchev–Trinajstić information content (AvgIpc) is 3.26. The van der Waals surface area contributed by atoms with Crippen LogP contribution in [0.1, 0.15) is 33.0 Å². The molecule has 4 nitrogen and oxygen atoms in total. The Morgan fingerprint density at radius 1 is 0.939 bits per heavy atom. The van der Waals surface area contributed by atoms with Crippen molar-refractivity contribution in [3.63, 3.8) is 0 Å². The third kappa shape index (κ3) is 4.09. The third-order valence-corrected chi connectivity index (χ3v) is 7.59. The van der Waals surface area contributed by atoms with Crippen LogP contribution < -0.4 is 11.1 Å². The zero-order valence-electron chi connectivity index (χ0n) is 17.1. The first-order valence-electron chi connectivity index (χ1n) is 9.80. The normalized spacial score (nSPS) is 20.8. The fourth-order valence-corrected chi connectivity index (χ4v) is 6.06. The molecule has 0 aliphatic heterocycles. The second-order valence-corrected chi connectivity index (χ2v) is 10.6. The Balaban J connectivity index is 1.77. The van der Waals surface area contributed by atoms with Gasteiger partial charge in [-0.2, -0.15) is 0 Å². The van der Waals surface area contributed by atoms with E-state index in [0.29, 0.717) is 32.4 Å². The summed E-state index contributed by atoms with van der Waals surface area (Å²) < 4.78 is -1.57. The van der Waals surface area contributed by atoms with Crippen LogP contribution in [0.15, 0.2) is 60.7 Å². The Morgan fingerprint density at radius 3 is 2.21 bits per heavy atom. The van der Waals surface area contributed by atoms with Crippen LogP contribution in [0.25, 0.3) is 0 Å². The maximum absolute atomic E-state index is 12.8. The number of nitrogens with two attached hydrogens (primary N) is 1. The van der Waals surface area contributed by atoms with E-state index < -0.39 is 21.6 Å². The Morgan fingerprint density at radius 2 is 1.61 bits per heavy atom. The SMILES string of the molecule is Cc1cccc(C(=O)Nc2cc(C3(C(N)=O)C(c4cc(Cl)cc(Cl)c4)C3(Cl)Cl)ccc2Cl)c1. The number of nitrogens with one attached hydrogen (secondary N) is 1. The lowest BCUT2D eigenvalue weighted by molar-refractivity contribution is -0.120. The van der Waals surface area contributed by atoms with Gasteiger partial charge >= 0.3 is 0 Å². The maximum Gasteiger partial charge on any atom is 0.255 e. The highest BCUT2D eigenvalue weighted by atomic mass is 35.5. The third-order valence-electron chi connectivity index (χ3n) is 5.80. The van der Waals surface area contributed by atoms with E-state index in [9.17, 15) is 9.59 Å². The number of amides is 2. The lowest BCUT2D eigenvalue weighted by atomic mass is 9.89. The molecule has 3 aromatic rings. The summed E-state index contributed by atoms with van der Waals surface area (Å²) in [6.45, 7) is 1.89. The number of benzene rings is 3. The smallest absolute Gasteiger partial charge is 0.255 e. The molecule has 1 fully saturated rings. The van der Waals surface area contributed by atoms with E-state index in [0.717, 1.165) is 5.56 Å². The molecule has 1 aliphatic carbocycles. The summed E-state index contributed by atoms with van der Waals surface area (Å²) in [7, 11) is 0. The van der Waals surface area contributed by atoms with Crippen LogP contribution in [-0.2, 0) is 10.2 Å². The van der Waals surface area contributed by atoms with Gasteiger partial charge in [-0.25, -0.2) is 0 Å². The minimum absolute atomic E-state index is 0.275. The molecule has 0 bridgehead atoms. The number of rotatable bonds is 5. The minimum atomic E-state index is -1.57. The van der Waals surface area contributed by atoms with E-state index in [1.54, 1.807) is 54.6 Å². The fraction of sp³-hybridized carbons (Fsp3) is 0.167. The first-order chi connectivity index (χ1) is 15.5. The molecule has 170 valence electrons. The highest BCUT2D eigenvalue weighted by molar-refractivity contribution is 6.55. The lowest BCUT2D eigenvalue weighted by Crippen LogP contribution is -2.34. The van der Waals surface area contributed by atoms with Crippen molar-refractivity contribution >= 4 is 75.5 Å². The van der Waals surface area contributed by atoms with Gasteiger partial charge in [0.15, 0.2) is 0 Å². The molecular weight excluding hydrogens is 526 g/mol. The quantitative estimate of drug-likeness (QED) is 0.344. The van der Waals surface area contributed by atoms with E-state index in [4.69, 9.17) is 63.7 Å². The maximum atomic E-state index is 12.8. The zero-order valence-corrected chi connectivity index (χ0v) is 20.9. The van der Waals surface area contributed by atoms with Crippen LogP contribution in [0.4, 0.5) is 5.69 Å². The molecule has 2 amide bonds. The van der Waals surface area contributed by atoms with Gasteiger partial charge in [0.2, 0.25) is 5.91 Å². The lowest BCUT2D eigenvalue weighted by Gasteiger charge is -2.18. The highest BCUT2D eigenvalue weighted by Gasteiger charge is 2.80. The molecule has 9 heteroatoms. The van der Waals surface area contributed by atoms with Crippen LogP contribution in [0.5, 0.6) is 0 Å². The number of hydrogen-bond donors (Lipinski definition) is 2. The summed E-state index contributed by atoms with van der Waals surface area (Å²) in [5, 5.41) is 3.80. The highest BCUT2D eigenvalue weighted by Crippen LogP contribution is 2.74. The van der Waals surface area contributed by atoms with Crippen LogP contribution in [0.2, 0.25) is 15.1 Å². The monoisotopic (exact) mass is 540 g/mol. The summed E-state index contributed by atoms with van der Waals surface area (Å²) >= 11 is 32.0. The fourth-order valence-electron chi connectivity index (χ4n) is 4.26. The number of halogens is 5. The van der Waals surface area contributed by atoms with E-state index in [1.807, 2.05) is 13.0 Å². The molecule has 33 heavy (non-hydrogen) atoms. The average molecular weight is 543 g/mol. The number of hydrogen-bond acceptors (Lipinski definition) is 2. The van der Waals surface area contributed by atoms with Gasteiger partial charge in [-0.1, -0.05) is 81.8 Å². The van der Waals surface area contributed by atoms with Gasteiger partial charge < -0.3 is 11.1 Å². The molecule has 0 radical (unpaired) electrons. The molecule has 2 atom stereocenters. The second kappa shape index (κ2) is 8.68. The van der Waals surface area contributed by atoms with Crippen LogP contribution in [0.3, 0.4) is 0 Å². The van der Waals surface area contributed by atoms with Crippen molar-refractivity contribution in [3.8, 4) is 0 Å². The van der Waals surface area contributed by atoms with Gasteiger partial charge in [0, 0.05) is 21.5 Å². The minimum Gasteiger partial charge on any atom is -0.369 e. The first-order valence-corrected chi connectivity index (χ1v) is 11.7. The molecule has 3 N–H and O–H groups in total. The van der Waals surface area contributed by atoms with Crippen molar-refractivity contribution in [2.45, 2.75) is 22.6 Å². The molecular formula is C24H17Cl5N2O2. The van der Waals surface area contributed by atoms with Gasteiger partial charge in [0.05, 0.1) is 10.7 Å². The standard InChI is InChI=1S/C24H17Cl5N2O2/c1-12-3-2-4-13(7-12)21(32)31-19-10-15(5-6-18(19)27)23(22(30)33)20(24(23,28)29)14-8-16(25)11-17(26)9-14/h2-11,20H,1H3,(H2,30,33)(H,31,32). The van der Waals surface area contributed by atoms with E-state index in [-0.39, 0.29) is 10.9 Å². The molecule has 0 aromatic heterocycles. The van der Waals surface area contributed by atoms with Gasteiger partial charge in [-0.3, -0.25) is 9.59 Å². The molecule has 1 saturated carbocycles. The Labute approximate surface area is 215 Å². The Kier molecular flexibility index (Phi) is 6.36. The summed E-state index contributed by atoms with van der Waals surface area (Å²) in [6.07, 6.45) is 0. The van der Waals surface area contributed by atoms with Gasteiger partial charge in [-0.15, -0.1) is 0 Å². The van der Waals surface area contributed by atoms with Crippen molar-refractivity contribution in [1.82, 2.24) is 0 Å². The van der Waals surface area contributed by atoms with Crippen LogP contribution in [0, 0.1) is 6.92 Å². The molecule has 2 unspecified atom stereocenters. The molecule has 4 rings (SSSR count). The number of anilines is 1. The largest absolute Gasteiger partial charge is 0.369 e. The van der Waals surface area contributed by atoms with Crippen molar-refractivity contribution in [3.05, 3.63) is 98.0 Å². The number of primary amides is 1. The Bertz CT molecular complexity index is 1270. The number of carbonyl (C=O) groups excluding carboxylic acids is 2. The van der Waals surface area contributed by atoms with Crippen LogP contribution in [-0.4, -0.2) is 16.1 Å². The summed E-state index contributed by atoms with van der Waals surface area (Å²) in [6, 6.07) is 16.7. The van der Waals surface area contributed by atoms with Gasteiger partial charge in [0.1, 0.15) is 9.75 Å². The zero-order chi connectivity index (χ0) is 24.1. The van der Waals surface area contributed by atoms with E-state index >= 15 is 0 Å². The number of alkyl halides is 2. The van der Waals surface area contributed by atoms with Crippen molar-refractivity contribution < 1.29 is 9.59 Å². The predicted molar refractivity (Wildman–Crippen MR) is 135 cm³/mol. The summed E-state index contributed by atoms with van der Waals surface area (Å²) in [5.74, 6) is -1.81. The summed E-state index contributed by atoms with van der Waals surface area (Å²) in [5.41, 5.74) is 7.02. The number of carbonyl (C=O) groups is 2. The predicted octanol–water partition coefficient (Wildman–Crippen LogP) is 6.90. The van der Waals surface area contributed by atoms with Gasteiger partial charge in [0.25, 0.3) is 5.91 Å². The van der Waals surface area contributed by atoms with Crippen LogP contribution >= 0.6 is 58.0 Å². The molecule has 0 spiro atoms. The Hall–Kier alpha value is -1.95. The molecule has 1 aliphatic rings. The van der Waals surface area contributed by atoms with Crippen molar-refractivity contribution in [1.29, 1.82) is 0 Å². The van der Waals surface area contributed by atoms with Gasteiger partial charge in [-0.05, 0) is 60.5 Å². The second-order valence-electron chi connectivity index (χ2n) is 7.95. The van der Waals surface area contributed by atoms with E-state index in [1.165, 1.54) is 0 Å².